The van der Waals surface area contributed by atoms with E-state index in [4.69, 9.17) is 0 Å². The lowest BCUT2D eigenvalue weighted by Crippen LogP contribution is -3.19. The van der Waals surface area contributed by atoms with E-state index in [2.05, 4.69) is 5.32 Å². The number of carbonyl (C=O) groups excluding carboxylic acids is 1. The van der Waals surface area contributed by atoms with Crippen LogP contribution in [0.5, 0.6) is 0 Å². The van der Waals surface area contributed by atoms with Crippen molar-refractivity contribution >= 4 is 26.7 Å². The van der Waals surface area contributed by atoms with E-state index in [0.717, 1.165) is 15.7 Å². The number of amides is 1. The highest BCUT2D eigenvalue weighted by atomic mass is 32.2. The monoisotopic (exact) mass is 390 g/mol. The number of piperazine rings is 1. The molecule has 0 aliphatic carbocycles. The molecule has 0 unspecified atom stereocenters. The molecule has 2 N–H and O–H groups in total. The topological polar surface area (TPSA) is 70.9 Å². The fourth-order valence-electron chi connectivity index (χ4n) is 3.52. The highest BCUT2D eigenvalue weighted by Gasteiger charge is 2.34. The summed E-state index contributed by atoms with van der Waals surface area (Å²) in [5, 5.41) is 4.87. The van der Waals surface area contributed by atoms with Crippen LogP contribution in [0.1, 0.15) is 20.8 Å². The molecular weight excluding hydrogens is 362 g/mol. The van der Waals surface area contributed by atoms with Crippen LogP contribution in [0.3, 0.4) is 0 Å². The van der Waals surface area contributed by atoms with Crippen molar-refractivity contribution in [2.75, 3.05) is 26.2 Å². The van der Waals surface area contributed by atoms with Gasteiger partial charge in [-0.1, -0.05) is 30.3 Å². The van der Waals surface area contributed by atoms with Crippen molar-refractivity contribution in [2.24, 2.45) is 0 Å². The van der Waals surface area contributed by atoms with Gasteiger partial charge in [0, 0.05) is 6.04 Å². The number of hydrogen-bond donors (Lipinski definition) is 2. The molecule has 0 aromatic heterocycles. The Balaban J connectivity index is 1.69. The van der Waals surface area contributed by atoms with E-state index in [1.165, 1.54) is 4.31 Å². The molecule has 1 heterocycles. The van der Waals surface area contributed by atoms with Gasteiger partial charge < -0.3 is 10.2 Å². The van der Waals surface area contributed by atoms with Crippen LogP contribution < -0.4 is 10.2 Å². The normalized spacial score (nSPS) is 17.9. The van der Waals surface area contributed by atoms with Crippen molar-refractivity contribution in [3.8, 4) is 0 Å². The molecule has 1 saturated heterocycles. The summed E-state index contributed by atoms with van der Waals surface area (Å²) < 4.78 is 27.6. The molecule has 2 aromatic rings. The van der Waals surface area contributed by atoms with Crippen molar-refractivity contribution in [2.45, 2.75) is 37.8 Å². The molecule has 0 saturated carbocycles. The molecule has 27 heavy (non-hydrogen) atoms. The first-order valence-electron chi connectivity index (χ1n) is 9.43. The van der Waals surface area contributed by atoms with Crippen molar-refractivity contribution < 1.29 is 18.1 Å². The average Bonchev–Trinajstić information content (AvgIpc) is 2.66. The molecule has 0 spiro atoms. The third kappa shape index (κ3) is 4.31. The molecule has 1 atom stereocenters. The number of fused-ring (bicyclic) bond motifs is 1. The zero-order valence-electron chi connectivity index (χ0n) is 16.1. The van der Waals surface area contributed by atoms with Gasteiger partial charge in [-0.3, -0.25) is 4.79 Å². The maximum atomic E-state index is 13.0. The lowest BCUT2D eigenvalue weighted by Gasteiger charge is -2.34. The van der Waals surface area contributed by atoms with E-state index in [1.54, 1.807) is 12.1 Å². The van der Waals surface area contributed by atoms with Gasteiger partial charge >= 0.3 is 0 Å². The number of nitrogens with one attached hydrogen (secondary N) is 2. The van der Waals surface area contributed by atoms with E-state index in [1.807, 2.05) is 51.1 Å². The predicted molar refractivity (Wildman–Crippen MR) is 106 cm³/mol. The van der Waals surface area contributed by atoms with Gasteiger partial charge in [0.1, 0.15) is 0 Å². The first-order chi connectivity index (χ1) is 12.8. The lowest BCUT2D eigenvalue weighted by atomic mass is 10.1. The lowest BCUT2D eigenvalue weighted by molar-refractivity contribution is -0.917. The van der Waals surface area contributed by atoms with Crippen molar-refractivity contribution in [3.63, 3.8) is 0 Å². The predicted octanol–water partition coefficient (Wildman–Crippen LogP) is 0.642. The summed E-state index contributed by atoms with van der Waals surface area (Å²) in [4.78, 5) is 13.7. The van der Waals surface area contributed by atoms with Crippen LogP contribution in [0.2, 0.25) is 0 Å². The van der Waals surface area contributed by atoms with Crippen LogP contribution in [0.15, 0.2) is 47.4 Å². The summed E-state index contributed by atoms with van der Waals surface area (Å²) in [6.45, 7) is 7.87. The summed E-state index contributed by atoms with van der Waals surface area (Å²) in [7, 11) is -3.52. The molecule has 6 nitrogen and oxygen atoms in total. The number of rotatable bonds is 5. The third-order valence-corrected chi connectivity index (χ3v) is 7.05. The summed E-state index contributed by atoms with van der Waals surface area (Å²) >= 11 is 0. The molecule has 0 radical (unpaired) electrons. The maximum absolute atomic E-state index is 13.0. The fourth-order valence-corrected chi connectivity index (χ4v) is 5.00. The van der Waals surface area contributed by atoms with Crippen LogP contribution in [0, 0.1) is 0 Å². The molecule has 3 rings (SSSR count). The molecular formula is C20H28N3O3S+. The Bertz CT molecular complexity index is 919. The number of carbonyl (C=O) groups is 1. The van der Waals surface area contributed by atoms with Crippen LogP contribution in [-0.2, 0) is 14.8 Å². The number of nitrogens with zero attached hydrogens (tertiary/aromatic N) is 1. The van der Waals surface area contributed by atoms with Crippen molar-refractivity contribution in [1.82, 2.24) is 9.62 Å². The van der Waals surface area contributed by atoms with Crippen molar-refractivity contribution in [1.29, 1.82) is 0 Å². The Morgan fingerprint density at radius 2 is 1.67 bits per heavy atom. The SMILES string of the molecule is CC(C)NC(=O)[C@@H](C)[NH+]1CCN(S(=O)(=O)c2ccc3ccccc3c2)CC1. The minimum Gasteiger partial charge on any atom is -0.349 e. The first kappa shape index (κ1) is 19.8. The van der Waals surface area contributed by atoms with Crippen LogP contribution in [0.4, 0.5) is 0 Å². The van der Waals surface area contributed by atoms with Gasteiger partial charge in [-0.2, -0.15) is 4.31 Å². The smallest absolute Gasteiger partial charge is 0.278 e. The Hall–Kier alpha value is -1.96. The number of sulfonamides is 1. The number of benzene rings is 2. The fraction of sp³-hybridized carbons (Fsp3) is 0.450. The summed E-state index contributed by atoms with van der Waals surface area (Å²) in [5.74, 6) is 0.0193. The molecule has 1 aliphatic rings. The van der Waals surface area contributed by atoms with Crippen LogP contribution in [0.25, 0.3) is 10.8 Å². The van der Waals surface area contributed by atoms with E-state index in [0.29, 0.717) is 31.1 Å². The van der Waals surface area contributed by atoms with Crippen molar-refractivity contribution in [3.05, 3.63) is 42.5 Å². The summed E-state index contributed by atoms with van der Waals surface area (Å²) in [6, 6.07) is 12.9. The Morgan fingerprint density at radius 1 is 1.04 bits per heavy atom. The van der Waals surface area contributed by atoms with Gasteiger partial charge in [-0.05, 0) is 43.7 Å². The maximum Gasteiger partial charge on any atom is 0.278 e. The Kier molecular flexibility index (Phi) is 5.83. The highest BCUT2D eigenvalue weighted by molar-refractivity contribution is 7.89. The third-order valence-electron chi connectivity index (χ3n) is 5.16. The number of quaternary nitrogens is 1. The minimum absolute atomic E-state index is 0.0193. The molecule has 0 bridgehead atoms. The molecule has 2 aromatic carbocycles. The number of hydrogen-bond acceptors (Lipinski definition) is 3. The first-order valence-corrected chi connectivity index (χ1v) is 10.9. The highest BCUT2D eigenvalue weighted by Crippen LogP contribution is 2.21. The van der Waals surface area contributed by atoms with Gasteiger partial charge in [-0.25, -0.2) is 8.42 Å². The molecule has 7 heteroatoms. The van der Waals surface area contributed by atoms with Gasteiger partial charge in [0.15, 0.2) is 6.04 Å². The quantitative estimate of drug-likeness (QED) is 0.787. The molecule has 1 amide bonds. The Morgan fingerprint density at radius 3 is 2.30 bits per heavy atom. The Labute approximate surface area is 161 Å². The molecule has 1 aliphatic heterocycles. The zero-order chi connectivity index (χ0) is 19.6. The summed E-state index contributed by atoms with van der Waals surface area (Å²) in [5.41, 5.74) is 0. The summed E-state index contributed by atoms with van der Waals surface area (Å²) in [6.07, 6.45) is 0. The molecule has 146 valence electrons. The van der Waals surface area contributed by atoms with Crippen LogP contribution >= 0.6 is 0 Å². The van der Waals surface area contributed by atoms with Gasteiger partial charge in [0.2, 0.25) is 10.0 Å². The van der Waals surface area contributed by atoms with E-state index < -0.39 is 10.0 Å². The zero-order valence-corrected chi connectivity index (χ0v) is 16.9. The second-order valence-corrected chi connectivity index (χ2v) is 9.39. The van der Waals surface area contributed by atoms with Gasteiger partial charge in [0.25, 0.3) is 5.91 Å². The van der Waals surface area contributed by atoms with Gasteiger partial charge in [-0.15, -0.1) is 0 Å². The van der Waals surface area contributed by atoms with Gasteiger partial charge in [0.05, 0.1) is 31.1 Å². The second kappa shape index (κ2) is 7.96. The van der Waals surface area contributed by atoms with E-state index >= 15 is 0 Å². The minimum atomic E-state index is -3.52. The largest absolute Gasteiger partial charge is 0.349 e. The van der Waals surface area contributed by atoms with E-state index in [-0.39, 0.29) is 18.0 Å². The van der Waals surface area contributed by atoms with E-state index in [9.17, 15) is 13.2 Å². The second-order valence-electron chi connectivity index (χ2n) is 7.46. The standard InChI is InChI=1S/C20H27N3O3S/c1-15(2)21-20(24)16(3)22-10-12-23(13-11-22)27(25,26)19-9-8-17-6-4-5-7-18(17)14-19/h4-9,14-16H,10-13H2,1-3H3,(H,21,24)/p+1/t16-/m1/s1. The average molecular weight is 391 g/mol. The van der Waals surface area contributed by atoms with Crippen LogP contribution in [-0.4, -0.2) is 56.9 Å². The molecule has 1 fully saturated rings.